The van der Waals surface area contributed by atoms with Crippen LogP contribution >= 0.6 is 23.7 Å². The van der Waals surface area contributed by atoms with Crippen molar-refractivity contribution < 1.29 is 11.0 Å². The van der Waals surface area contributed by atoms with E-state index in [0.717, 1.165) is 5.00 Å². The van der Waals surface area contributed by atoms with Crippen LogP contribution in [0.2, 0.25) is 0 Å². The summed E-state index contributed by atoms with van der Waals surface area (Å²) in [6.07, 6.45) is 0. The Morgan fingerprint density at radius 3 is 2.44 bits per heavy atom. The van der Waals surface area contributed by atoms with Gasteiger partial charge in [0.25, 0.3) is 0 Å². The first-order valence-corrected chi connectivity index (χ1v) is 4.67. The Morgan fingerprint density at radius 2 is 1.88 bits per heavy atom. The average Bonchev–Trinajstić information content (AvgIpc) is 2.44. The van der Waals surface area contributed by atoms with Crippen LogP contribution in [0.5, 0.6) is 0 Å². The third kappa shape index (κ3) is 3.67. The number of fused-ring (bicyclic) bond motifs is 1. The number of rotatable bonds is 1. The van der Waals surface area contributed by atoms with Crippen LogP contribution in [0.3, 0.4) is 0 Å². The fourth-order valence-corrected chi connectivity index (χ4v) is 2.15. The fourth-order valence-electron chi connectivity index (χ4n) is 1.18. The summed E-state index contributed by atoms with van der Waals surface area (Å²) in [4.78, 5) is 0. The van der Waals surface area contributed by atoms with E-state index in [-0.39, 0.29) is 29.3 Å². The SMILES string of the molecule is Cl.N=C(N)Nc1cc2ccccc2s1.O.O. The van der Waals surface area contributed by atoms with E-state index in [9.17, 15) is 0 Å². The Balaban J connectivity index is 0. The van der Waals surface area contributed by atoms with Crippen LogP contribution in [0.15, 0.2) is 30.3 Å². The minimum atomic E-state index is -0.0217. The van der Waals surface area contributed by atoms with Gasteiger partial charge in [-0.15, -0.1) is 23.7 Å². The first-order chi connectivity index (χ1) is 6.25. The van der Waals surface area contributed by atoms with Crippen LogP contribution in [-0.4, -0.2) is 16.9 Å². The van der Waals surface area contributed by atoms with Gasteiger partial charge < -0.3 is 22.0 Å². The van der Waals surface area contributed by atoms with Crippen LogP contribution in [0.1, 0.15) is 0 Å². The fraction of sp³-hybridized carbons (Fsp3) is 0. The van der Waals surface area contributed by atoms with E-state index in [0.29, 0.717) is 0 Å². The summed E-state index contributed by atoms with van der Waals surface area (Å²) in [5, 5.41) is 11.9. The molecule has 0 aliphatic rings. The molecule has 0 radical (unpaired) electrons. The highest BCUT2D eigenvalue weighted by molar-refractivity contribution is 7.22. The molecule has 0 aliphatic heterocycles. The number of hydrogen-bond donors (Lipinski definition) is 3. The predicted molar refractivity (Wildman–Crippen MR) is 71.8 cm³/mol. The molecule has 1 aromatic carbocycles. The maximum atomic E-state index is 7.08. The van der Waals surface area contributed by atoms with E-state index in [1.807, 2.05) is 30.3 Å². The molecule has 0 unspecified atom stereocenters. The topological polar surface area (TPSA) is 125 Å². The minimum absolute atomic E-state index is 0. The molecular formula is C9H14ClN3O2S. The van der Waals surface area contributed by atoms with Crippen LogP contribution in [0, 0.1) is 5.41 Å². The van der Waals surface area contributed by atoms with Crippen molar-refractivity contribution in [1.29, 1.82) is 5.41 Å². The molecule has 7 heteroatoms. The molecule has 0 spiro atoms. The molecule has 0 atom stereocenters. The molecule has 1 aromatic heterocycles. The normalized spacial score (nSPS) is 8.25. The Morgan fingerprint density at radius 1 is 1.25 bits per heavy atom. The van der Waals surface area contributed by atoms with Gasteiger partial charge in [0, 0.05) is 4.70 Å². The van der Waals surface area contributed by atoms with Crippen LogP contribution in [-0.2, 0) is 0 Å². The molecule has 2 aromatic rings. The van der Waals surface area contributed by atoms with E-state index in [2.05, 4.69) is 5.32 Å². The zero-order valence-corrected chi connectivity index (χ0v) is 9.91. The van der Waals surface area contributed by atoms with Gasteiger partial charge in [-0.25, -0.2) is 0 Å². The van der Waals surface area contributed by atoms with Gasteiger partial charge in [-0.2, -0.15) is 0 Å². The monoisotopic (exact) mass is 263 g/mol. The second-order valence-electron chi connectivity index (χ2n) is 2.69. The third-order valence-electron chi connectivity index (χ3n) is 1.68. The van der Waals surface area contributed by atoms with E-state index in [1.165, 1.54) is 10.1 Å². The zero-order chi connectivity index (χ0) is 9.26. The van der Waals surface area contributed by atoms with Gasteiger partial charge in [-0.05, 0) is 17.5 Å². The van der Waals surface area contributed by atoms with E-state index < -0.39 is 0 Å². The van der Waals surface area contributed by atoms with Gasteiger partial charge in [0.05, 0.1) is 5.00 Å². The van der Waals surface area contributed by atoms with E-state index in [4.69, 9.17) is 11.1 Å². The van der Waals surface area contributed by atoms with Crippen LogP contribution in [0.4, 0.5) is 5.00 Å². The summed E-state index contributed by atoms with van der Waals surface area (Å²) >= 11 is 1.59. The molecule has 1 heterocycles. The summed E-state index contributed by atoms with van der Waals surface area (Å²) in [6, 6.07) is 10.1. The van der Waals surface area contributed by atoms with Gasteiger partial charge in [-0.3, -0.25) is 5.41 Å². The third-order valence-corrected chi connectivity index (χ3v) is 2.71. The van der Waals surface area contributed by atoms with Gasteiger partial charge in [0.15, 0.2) is 5.96 Å². The highest BCUT2D eigenvalue weighted by Gasteiger charge is 2.00. The molecule has 0 saturated carbocycles. The molecule has 8 N–H and O–H groups in total. The molecule has 0 amide bonds. The lowest BCUT2D eigenvalue weighted by Crippen LogP contribution is -2.19. The maximum absolute atomic E-state index is 7.08. The molecule has 0 fully saturated rings. The Kier molecular flexibility index (Phi) is 7.49. The molecule has 0 aliphatic carbocycles. The Hall–Kier alpha value is -1.34. The number of hydrogen-bond acceptors (Lipinski definition) is 2. The van der Waals surface area contributed by atoms with Crippen molar-refractivity contribution in [2.24, 2.45) is 5.73 Å². The summed E-state index contributed by atoms with van der Waals surface area (Å²) in [5.74, 6) is -0.0217. The number of anilines is 1. The predicted octanol–water partition coefficient (Wildman–Crippen LogP) is 0.979. The highest BCUT2D eigenvalue weighted by atomic mass is 35.5. The van der Waals surface area contributed by atoms with Gasteiger partial charge in [0.1, 0.15) is 0 Å². The lowest BCUT2D eigenvalue weighted by molar-refractivity contribution is 0.823. The second-order valence-corrected chi connectivity index (χ2v) is 3.77. The number of nitrogens with two attached hydrogens (primary N) is 1. The molecule has 0 saturated heterocycles. The largest absolute Gasteiger partial charge is 0.412 e. The molecular weight excluding hydrogens is 250 g/mol. The summed E-state index contributed by atoms with van der Waals surface area (Å²) in [5.41, 5.74) is 5.23. The van der Waals surface area contributed by atoms with Crippen molar-refractivity contribution in [2.45, 2.75) is 0 Å². The van der Waals surface area contributed by atoms with E-state index in [1.54, 1.807) is 11.3 Å². The number of thiophene rings is 1. The van der Waals surface area contributed by atoms with Crippen molar-refractivity contribution >= 4 is 44.8 Å². The smallest absolute Gasteiger partial charge is 0.190 e. The van der Waals surface area contributed by atoms with Crippen molar-refractivity contribution in [1.82, 2.24) is 0 Å². The maximum Gasteiger partial charge on any atom is 0.190 e. The Labute approximate surface area is 103 Å². The number of guanidine groups is 1. The standard InChI is InChI=1S/C9H9N3S.ClH.2H2O/c10-9(11)12-8-5-6-3-1-2-4-7(6)13-8;;;/h1-5H,(H4,10,11,12);1H;2*1H2. The number of nitrogens with one attached hydrogen (secondary N) is 2. The van der Waals surface area contributed by atoms with Gasteiger partial charge >= 0.3 is 0 Å². The lowest BCUT2D eigenvalue weighted by atomic mass is 10.3. The highest BCUT2D eigenvalue weighted by Crippen LogP contribution is 2.28. The van der Waals surface area contributed by atoms with Crippen molar-refractivity contribution in [3.8, 4) is 0 Å². The quantitative estimate of drug-likeness (QED) is 0.524. The van der Waals surface area contributed by atoms with Crippen molar-refractivity contribution in [3.63, 3.8) is 0 Å². The van der Waals surface area contributed by atoms with Crippen molar-refractivity contribution in [2.75, 3.05) is 5.32 Å². The first kappa shape index (κ1) is 17.1. The minimum Gasteiger partial charge on any atom is -0.412 e. The molecule has 2 rings (SSSR count). The summed E-state index contributed by atoms with van der Waals surface area (Å²) in [7, 11) is 0. The zero-order valence-electron chi connectivity index (χ0n) is 8.28. The van der Waals surface area contributed by atoms with Crippen LogP contribution in [0.25, 0.3) is 10.1 Å². The average molecular weight is 264 g/mol. The number of benzene rings is 1. The first-order valence-electron chi connectivity index (χ1n) is 3.85. The van der Waals surface area contributed by atoms with Crippen LogP contribution < -0.4 is 11.1 Å². The molecule has 5 nitrogen and oxygen atoms in total. The molecule has 0 bridgehead atoms. The Bertz CT molecular complexity index is 428. The van der Waals surface area contributed by atoms with Crippen molar-refractivity contribution in [3.05, 3.63) is 30.3 Å². The summed E-state index contributed by atoms with van der Waals surface area (Å²) in [6.45, 7) is 0. The molecule has 16 heavy (non-hydrogen) atoms. The van der Waals surface area contributed by atoms with Gasteiger partial charge in [-0.1, -0.05) is 18.2 Å². The number of halogens is 1. The van der Waals surface area contributed by atoms with E-state index >= 15 is 0 Å². The lowest BCUT2D eigenvalue weighted by Gasteiger charge is -1.95. The van der Waals surface area contributed by atoms with Gasteiger partial charge in [0.2, 0.25) is 0 Å². The molecule has 90 valence electrons. The summed E-state index contributed by atoms with van der Waals surface area (Å²) < 4.78 is 1.20. The second kappa shape index (κ2) is 7.02.